The number of hydrogen-bond acceptors (Lipinski definition) is 10. The molecule has 0 saturated heterocycles. The van der Waals surface area contributed by atoms with Gasteiger partial charge >= 0.3 is 0 Å². The van der Waals surface area contributed by atoms with Gasteiger partial charge in [0.2, 0.25) is 0 Å². The maximum absolute atomic E-state index is 7.61. The summed E-state index contributed by atoms with van der Waals surface area (Å²) < 4.78 is 8.55. The smallest absolute Gasteiger partial charge is 0.188 e. The molecular formula is C100H59N11O. The predicted molar refractivity (Wildman–Crippen MR) is 458 cm³/mol. The first kappa shape index (κ1) is 64.8. The van der Waals surface area contributed by atoms with Crippen LogP contribution in [0.4, 0.5) is 5.69 Å². The number of nitrogens with zero attached hydrogens (tertiary/aromatic N) is 11. The van der Waals surface area contributed by atoms with Gasteiger partial charge in [0.05, 0.1) is 62.1 Å². The van der Waals surface area contributed by atoms with Crippen molar-refractivity contribution in [1.82, 2.24) is 49.4 Å². The third-order valence-corrected chi connectivity index (χ3v) is 21.3. The van der Waals surface area contributed by atoms with Crippen LogP contribution in [0.25, 0.3) is 220 Å². The fourth-order valence-electron chi connectivity index (χ4n) is 16.1. The average molecular weight is 1430 g/mol. The average Bonchev–Trinajstić information content (AvgIpc) is 1.43. The van der Waals surface area contributed by atoms with Gasteiger partial charge in [0.15, 0.2) is 23.2 Å². The second-order valence-electron chi connectivity index (χ2n) is 27.7. The summed E-state index contributed by atoms with van der Waals surface area (Å²) >= 11 is 0. The number of benzene rings is 14. The van der Waals surface area contributed by atoms with Crippen LogP contribution in [0, 0.1) is 6.57 Å². The van der Waals surface area contributed by atoms with E-state index in [9.17, 15) is 0 Å². The topological polar surface area (TPSA) is 138 Å². The van der Waals surface area contributed by atoms with Crippen molar-refractivity contribution < 1.29 is 4.42 Å². The molecule has 0 saturated carbocycles. The second-order valence-corrected chi connectivity index (χ2v) is 27.7. The van der Waals surface area contributed by atoms with Crippen molar-refractivity contribution in [2.45, 2.75) is 0 Å². The van der Waals surface area contributed by atoms with Gasteiger partial charge in [0, 0.05) is 133 Å². The highest BCUT2D eigenvalue weighted by atomic mass is 16.3. The Morgan fingerprint density at radius 3 is 1.25 bits per heavy atom. The lowest BCUT2D eigenvalue weighted by Gasteiger charge is -2.13. The molecule has 112 heavy (non-hydrogen) atoms. The van der Waals surface area contributed by atoms with Crippen LogP contribution in [0.5, 0.6) is 0 Å². The Morgan fingerprint density at radius 2 is 0.705 bits per heavy atom. The third-order valence-electron chi connectivity index (χ3n) is 21.3. The van der Waals surface area contributed by atoms with Crippen molar-refractivity contribution >= 4 is 147 Å². The Morgan fingerprint density at radius 1 is 0.277 bits per heavy atom. The van der Waals surface area contributed by atoms with Crippen molar-refractivity contribution in [2.24, 2.45) is 0 Å². The molecule has 0 fully saturated rings. The van der Waals surface area contributed by atoms with Crippen LogP contribution in [0.3, 0.4) is 0 Å². The number of pyridine rings is 6. The largest absolute Gasteiger partial charge is 0.455 e. The van der Waals surface area contributed by atoms with E-state index in [4.69, 9.17) is 55.8 Å². The molecule has 0 aliphatic heterocycles. The van der Waals surface area contributed by atoms with Gasteiger partial charge in [-0.2, -0.15) is 0 Å². The van der Waals surface area contributed by atoms with E-state index in [0.29, 0.717) is 28.9 Å². The van der Waals surface area contributed by atoms with Crippen molar-refractivity contribution in [3.63, 3.8) is 0 Å². The van der Waals surface area contributed by atoms with Gasteiger partial charge in [0.1, 0.15) is 16.9 Å². The van der Waals surface area contributed by atoms with Gasteiger partial charge in [-0.05, 0) is 89.8 Å². The summed E-state index contributed by atoms with van der Waals surface area (Å²) in [5.41, 5.74) is 20.2. The van der Waals surface area contributed by atoms with Crippen LogP contribution in [-0.2, 0) is 0 Å². The van der Waals surface area contributed by atoms with E-state index in [1.54, 1.807) is 0 Å². The highest BCUT2D eigenvalue weighted by molar-refractivity contribution is 6.24. The summed E-state index contributed by atoms with van der Waals surface area (Å²) in [5, 5.41) is 17.5. The van der Waals surface area contributed by atoms with E-state index < -0.39 is 0 Å². The lowest BCUT2D eigenvalue weighted by molar-refractivity contribution is 0.670. The summed E-state index contributed by atoms with van der Waals surface area (Å²) in [5.74, 6) is 1.76. The molecular weight excluding hydrogens is 1370 g/mol. The molecule has 0 aliphatic carbocycles. The number of rotatable bonds is 7. The minimum atomic E-state index is 0.536. The van der Waals surface area contributed by atoms with Crippen LogP contribution in [0.2, 0.25) is 0 Å². The molecule has 0 N–H and O–H groups in total. The number of hydrogen-bond donors (Lipinski definition) is 0. The number of para-hydroxylation sites is 6. The Labute approximate surface area is 640 Å². The molecule has 14 aromatic carbocycles. The van der Waals surface area contributed by atoms with Gasteiger partial charge in [-0.3, -0.25) is 15.0 Å². The van der Waals surface area contributed by atoms with Gasteiger partial charge in [-0.1, -0.05) is 261 Å². The number of furan rings is 1. The third kappa shape index (κ3) is 11.1. The Balaban J connectivity index is 0.000000106. The van der Waals surface area contributed by atoms with Crippen molar-refractivity contribution in [3.8, 4) is 73.6 Å². The molecule has 9 aromatic heterocycles. The van der Waals surface area contributed by atoms with E-state index >= 15 is 0 Å². The highest BCUT2D eigenvalue weighted by Crippen LogP contribution is 2.44. The standard InChI is InChI=1S/C35H20N4.C34H20N2O.C31H19N5/c1-36-24-15-18-32-29(21-24)28-20-23(14-17-31(28)39(32)25-9-3-2-4-10-25)34-27-16-13-22-8-7-19-37-35(22)33(27)26-11-5-6-12-30(26)38-34;1-3-12-29-27(9-1)31-28(19-18-22-7-6-20-35-33(22)31)32(36-29)23-16-14-21(15-17-23)24-10-5-11-26-25-8-2-4-13-30(25)37-34(24)26;1-3-10-21(11-4-1)29-34-30(22-12-5-2-6-13-22)36-31(35-29)28-24-18-17-20-14-9-19-32-27(20)26(24)23-15-7-8-16-25(23)33-28/h2-21H;1-20H;1-19H. The minimum Gasteiger partial charge on any atom is -0.455 e. The maximum atomic E-state index is 7.61. The van der Waals surface area contributed by atoms with Crippen LogP contribution in [0.1, 0.15) is 0 Å². The molecule has 0 aliphatic rings. The minimum absolute atomic E-state index is 0.536. The van der Waals surface area contributed by atoms with E-state index in [2.05, 4.69) is 210 Å². The van der Waals surface area contributed by atoms with Crippen molar-refractivity contribution in [2.75, 3.05) is 0 Å². The fraction of sp³-hybridized carbons (Fsp3) is 0. The zero-order valence-corrected chi connectivity index (χ0v) is 59.9. The molecule has 0 atom stereocenters. The van der Waals surface area contributed by atoms with Crippen LogP contribution < -0.4 is 0 Å². The zero-order valence-electron chi connectivity index (χ0n) is 59.9. The van der Waals surface area contributed by atoms with Gasteiger partial charge in [0.25, 0.3) is 0 Å². The molecule has 0 unspecified atom stereocenters. The summed E-state index contributed by atoms with van der Waals surface area (Å²) in [6.07, 6.45) is 5.56. The van der Waals surface area contributed by atoms with Crippen LogP contribution in [0.15, 0.2) is 363 Å². The van der Waals surface area contributed by atoms with Gasteiger partial charge in [-0.25, -0.2) is 34.7 Å². The van der Waals surface area contributed by atoms with Crippen molar-refractivity contribution in [1.29, 1.82) is 0 Å². The molecule has 9 heterocycles. The lowest BCUT2D eigenvalue weighted by Crippen LogP contribution is -2.02. The zero-order chi connectivity index (χ0) is 74.2. The Bertz CT molecular complexity index is 7670. The molecule has 0 bridgehead atoms. The van der Waals surface area contributed by atoms with Crippen LogP contribution in [-0.4, -0.2) is 49.4 Å². The summed E-state index contributed by atoms with van der Waals surface area (Å²) in [7, 11) is 0. The quantitative estimate of drug-likeness (QED) is 0.112. The second kappa shape index (κ2) is 27.0. The number of fused-ring (bicyclic) bond motifs is 21. The molecule has 12 heteroatoms. The molecule has 0 amide bonds. The number of aromatic nitrogens is 10. The Hall–Kier alpha value is -15.6. The van der Waals surface area contributed by atoms with E-state index in [1.165, 1.54) is 0 Å². The molecule has 520 valence electrons. The van der Waals surface area contributed by atoms with E-state index in [-0.39, 0.29) is 0 Å². The first-order valence-electron chi connectivity index (χ1n) is 37.1. The molecule has 0 radical (unpaired) electrons. The lowest BCUT2D eigenvalue weighted by atomic mass is 9.96. The molecule has 23 rings (SSSR count). The van der Waals surface area contributed by atoms with E-state index in [0.717, 1.165) is 192 Å². The van der Waals surface area contributed by atoms with E-state index in [1.807, 2.05) is 158 Å². The summed E-state index contributed by atoms with van der Waals surface area (Å²) in [6.45, 7) is 7.61. The molecule has 0 spiro atoms. The summed E-state index contributed by atoms with van der Waals surface area (Å²) in [4.78, 5) is 48.1. The van der Waals surface area contributed by atoms with Gasteiger partial charge < -0.3 is 8.98 Å². The first-order valence-corrected chi connectivity index (χ1v) is 37.1. The van der Waals surface area contributed by atoms with Crippen molar-refractivity contribution in [3.05, 3.63) is 370 Å². The van der Waals surface area contributed by atoms with Crippen LogP contribution >= 0.6 is 0 Å². The van der Waals surface area contributed by atoms with Gasteiger partial charge in [-0.15, -0.1) is 0 Å². The normalized spacial score (nSPS) is 11.6. The first-order chi connectivity index (χ1) is 55.5. The highest BCUT2D eigenvalue weighted by Gasteiger charge is 2.23. The molecule has 12 nitrogen and oxygen atoms in total. The maximum Gasteiger partial charge on any atom is 0.188 e. The monoisotopic (exact) mass is 1430 g/mol. The fourth-order valence-corrected chi connectivity index (χ4v) is 16.1. The summed E-state index contributed by atoms with van der Waals surface area (Å²) in [6, 6.07) is 116. The molecule has 23 aromatic rings. The predicted octanol–water partition coefficient (Wildman–Crippen LogP) is 25.5. The Kier molecular flexibility index (Phi) is 15.6. The SMILES string of the molecule is [C-]#[N+]c1ccc2c(c1)c1cc(-c3nc4ccccc4c4c3ccc3cccnc34)ccc1n2-c1ccccc1.c1ccc(-c2nc(-c3ccccc3)nc(-c3nc4ccccc4c4c3ccc3cccnc34)n2)cc1.c1cnc2c(c1)ccc1c(-c3ccc(-c4cccc5c4oc4ccccc45)cc3)nc3ccccc3c12.